The Kier molecular flexibility index (Phi) is 2.12. The van der Waals surface area contributed by atoms with Gasteiger partial charge in [0.2, 0.25) is 23.0 Å². The number of hydrogen-bond acceptors (Lipinski definition) is 5. The molecule has 1 aromatic rings. The van der Waals surface area contributed by atoms with E-state index in [9.17, 15) is 9.59 Å². The number of carbonyl (C=O) groups is 2. The van der Waals surface area contributed by atoms with Gasteiger partial charge in [-0.1, -0.05) is 0 Å². The van der Waals surface area contributed by atoms with Crippen LogP contribution in [0.2, 0.25) is 5.28 Å². The minimum atomic E-state index is -0.308. The lowest BCUT2D eigenvalue weighted by Gasteiger charge is -2.09. The maximum absolute atomic E-state index is 11.3. The molecule has 2 heterocycles. The van der Waals surface area contributed by atoms with E-state index in [1.807, 2.05) is 0 Å². The third-order valence-corrected chi connectivity index (χ3v) is 1.96. The molecule has 0 unspecified atom stereocenters. The van der Waals surface area contributed by atoms with Crippen LogP contribution < -0.4 is 4.90 Å². The molecular formula is C7H5ClN4O2. The average Bonchev–Trinajstić information content (AvgIpc) is 2.46. The van der Waals surface area contributed by atoms with Crippen molar-refractivity contribution in [1.29, 1.82) is 0 Å². The molecule has 0 atom stereocenters. The summed E-state index contributed by atoms with van der Waals surface area (Å²) in [5.41, 5.74) is 0. The number of anilines is 1. The largest absolute Gasteiger partial charge is 0.274 e. The summed E-state index contributed by atoms with van der Waals surface area (Å²) in [5.74, 6) is -0.618. The van der Waals surface area contributed by atoms with Gasteiger partial charge in [-0.3, -0.25) is 9.59 Å². The predicted octanol–water partition coefficient (Wildman–Crippen LogP) is 0.178. The van der Waals surface area contributed by atoms with Gasteiger partial charge in [-0.15, -0.1) is 0 Å². The average molecular weight is 213 g/mol. The van der Waals surface area contributed by atoms with Crippen LogP contribution in [-0.2, 0) is 9.59 Å². The molecule has 0 aromatic carbocycles. The van der Waals surface area contributed by atoms with Gasteiger partial charge in [0.05, 0.1) is 0 Å². The minimum Gasteiger partial charge on any atom is -0.274 e. The summed E-state index contributed by atoms with van der Waals surface area (Å²) in [6.45, 7) is 0. The van der Waals surface area contributed by atoms with E-state index in [-0.39, 0.29) is 35.9 Å². The highest BCUT2D eigenvalue weighted by molar-refractivity contribution is 6.28. The number of amides is 2. The van der Waals surface area contributed by atoms with Gasteiger partial charge in [0.15, 0.2) is 0 Å². The van der Waals surface area contributed by atoms with Crippen molar-refractivity contribution in [2.24, 2.45) is 0 Å². The Labute approximate surface area is 83.9 Å². The number of carbonyl (C=O) groups excluding carboxylic acids is 2. The highest BCUT2D eigenvalue weighted by Crippen LogP contribution is 2.18. The second-order valence-corrected chi connectivity index (χ2v) is 3.02. The third-order valence-electron chi connectivity index (χ3n) is 1.78. The first-order valence-corrected chi connectivity index (χ1v) is 4.26. The summed E-state index contributed by atoms with van der Waals surface area (Å²) in [6.07, 6.45) is 1.55. The molecule has 0 aliphatic carbocycles. The van der Waals surface area contributed by atoms with Crippen molar-refractivity contribution in [3.63, 3.8) is 0 Å². The molecule has 1 saturated heterocycles. The number of halogens is 1. The molecule has 1 aliphatic heterocycles. The zero-order chi connectivity index (χ0) is 10.1. The van der Waals surface area contributed by atoms with Crippen LogP contribution >= 0.6 is 11.6 Å². The molecule has 6 nitrogen and oxygen atoms in total. The van der Waals surface area contributed by atoms with E-state index >= 15 is 0 Å². The molecule has 72 valence electrons. The van der Waals surface area contributed by atoms with Crippen molar-refractivity contribution in [2.45, 2.75) is 12.8 Å². The molecule has 1 fully saturated rings. The van der Waals surface area contributed by atoms with Gasteiger partial charge in [-0.05, 0) is 11.6 Å². The van der Waals surface area contributed by atoms with Gasteiger partial charge in [-0.2, -0.15) is 4.98 Å². The molecule has 0 radical (unpaired) electrons. The number of rotatable bonds is 1. The lowest BCUT2D eigenvalue weighted by atomic mass is 10.4. The standard InChI is InChI=1S/C7H5ClN4O2/c8-6-9-3-10-7(11-6)12-4(13)1-2-5(12)14/h3H,1-2H2. The number of hydrogen-bond donors (Lipinski definition) is 0. The molecule has 2 amide bonds. The Hall–Kier alpha value is -1.56. The number of imide groups is 1. The van der Waals surface area contributed by atoms with Crippen molar-refractivity contribution in [2.75, 3.05) is 4.90 Å². The Balaban J connectivity index is 2.39. The Morgan fingerprint density at radius 1 is 1.21 bits per heavy atom. The zero-order valence-electron chi connectivity index (χ0n) is 6.97. The van der Waals surface area contributed by atoms with Gasteiger partial charge >= 0.3 is 0 Å². The molecule has 0 N–H and O–H groups in total. The maximum Gasteiger partial charge on any atom is 0.243 e. The highest BCUT2D eigenvalue weighted by Gasteiger charge is 2.32. The van der Waals surface area contributed by atoms with E-state index in [2.05, 4.69) is 15.0 Å². The van der Waals surface area contributed by atoms with Crippen LogP contribution in [0.3, 0.4) is 0 Å². The van der Waals surface area contributed by atoms with Crippen LogP contribution in [0.4, 0.5) is 5.95 Å². The first-order valence-electron chi connectivity index (χ1n) is 3.89. The maximum atomic E-state index is 11.3. The van der Waals surface area contributed by atoms with E-state index in [0.717, 1.165) is 11.2 Å². The van der Waals surface area contributed by atoms with Gasteiger partial charge in [-0.25, -0.2) is 14.9 Å². The normalized spacial score (nSPS) is 16.5. The van der Waals surface area contributed by atoms with Crippen LogP contribution in [0, 0.1) is 0 Å². The zero-order valence-corrected chi connectivity index (χ0v) is 7.73. The van der Waals surface area contributed by atoms with Crippen LogP contribution in [0.1, 0.15) is 12.8 Å². The molecule has 2 rings (SSSR count). The monoisotopic (exact) mass is 212 g/mol. The summed E-state index contributed by atoms with van der Waals surface area (Å²) in [5, 5.41) is -0.0394. The van der Waals surface area contributed by atoms with E-state index in [4.69, 9.17) is 11.6 Å². The van der Waals surface area contributed by atoms with E-state index < -0.39 is 0 Å². The van der Waals surface area contributed by atoms with Gasteiger partial charge in [0.1, 0.15) is 6.33 Å². The van der Waals surface area contributed by atoms with Crippen molar-refractivity contribution >= 4 is 29.4 Å². The van der Waals surface area contributed by atoms with Crippen molar-refractivity contribution in [3.05, 3.63) is 11.6 Å². The van der Waals surface area contributed by atoms with E-state index in [1.54, 1.807) is 0 Å². The Morgan fingerprint density at radius 3 is 2.43 bits per heavy atom. The molecule has 0 saturated carbocycles. The first kappa shape index (κ1) is 9.01. The summed E-state index contributed by atoms with van der Waals surface area (Å²) in [6, 6.07) is 0. The molecule has 0 spiro atoms. The second-order valence-electron chi connectivity index (χ2n) is 2.68. The summed E-state index contributed by atoms with van der Waals surface area (Å²) in [4.78, 5) is 34.4. The van der Waals surface area contributed by atoms with Crippen molar-refractivity contribution in [3.8, 4) is 0 Å². The SMILES string of the molecule is O=C1CCC(=O)N1c1ncnc(Cl)n1. The predicted molar refractivity (Wildman–Crippen MR) is 46.6 cm³/mol. The molecule has 1 aliphatic rings. The van der Waals surface area contributed by atoms with Gasteiger partial charge < -0.3 is 0 Å². The number of nitrogens with zero attached hydrogens (tertiary/aromatic N) is 4. The fourth-order valence-corrected chi connectivity index (χ4v) is 1.30. The number of aromatic nitrogens is 3. The second kappa shape index (κ2) is 3.30. The fourth-order valence-electron chi connectivity index (χ4n) is 1.18. The summed E-state index contributed by atoms with van der Waals surface area (Å²) in [7, 11) is 0. The van der Waals surface area contributed by atoms with Crippen molar-refractivity contribution < 1.29 is 9.59 Å². The summed E-state index contributed by atoms with van der Waals surface area (Å²) < 4.78 is 0. The van der Waals surface area contributed by atoms with Crippen LogP contribution in [0.15, 0.2) is 6.33 Å². The molecule has 14 heavy (non-hydrogen) atoms. The molecule has 0 bridgehead atoms. The highest BCUT2D eigenvalue weighted by atomic mass is 35.5. The van der Waals surface area contributed by atoms with Crippen molar-refractivity contribution in [1.82, 2.24) is 15.0 Å². The fraction of sp³-hybridized carbons (Fsp3) is 0.286. The summed E-state index contributed by atoms with van der Waals surface area (Å²) >= 11 is 5.51. The third kappa shape index (κ3) is 1.44. The topological polar surface area (TPSA) is 76.1 Å². The van der Waals surface area contributed by atoms with Gasteiger partial charge in [0.25, 0.3) is 0 Å². The molecule has 7 heteroatoms. The Bertz CT molecular complexity index is 392. The lowest BCUT2D eigenvalue weighted by Crippen LogP contribution is -2.30. The van der Waals surface area contributed by atoms with E-state index in [1.165, 1.54) is 0 Å². The van der Waals surface area contributed by atoms with E-state index in [0.29, 0.717) is 0 Å². The quantitative estimate of drug-likeness (QED) is 0.621. The molecular weight excluding hydrogens is 208 g/mol. The van der Waals surface area contributed by atoms with Crippen LogP contribution in [0.25, 0.3) is 0 Å². The smallest absolute Gasteiger partial charge is 0.243 e. The molecule has 1 aromatic heterocycles. The van der Waals surface area contributed by atoms with Crippen LogP contribution in [0.5, 0.6) is 0 Å². The van der Waals surface area contributed by atoms with Crippen LogP contribution in [-0.4, -0.2) is 26.8 Å². The lowest BCUT2D eigenvalue weighted by molar-refractivity contribution is -0.121. The van der Waals surface area contributed by atoms with Gasteiger partial charge in [0, 0.05) is 12.8 Å². The minimum absolute atomic E-state index is 0.00231. The first-order chi connectivity index (χ1) is 6.68. The Morgan fingerprint density at radius 2 is 1.86 bits per heavy atom.